The molecule has 0 radical (unpaired) electrons. The van der Waals surface area contributed by atoms with Crippen LogP contribution in [0.4, 0.5) is 5.69 Å². The Labute approximate surface area is 181 Å². The van der Waals surface area contributed by atoms with Gasteiger partial charge in [-0.05, 0) is 49.4 Å². The zero-order valence-electron chi connectivity index (χ0n) is 16.8. The fourth-order valence-corrected chi connectivity index (χ4v) is 3.54. The van der Waals surface area contributed by atoms with Crippen molar-refractivity contribution in [2.75, 3.05) is 24.8 Å². The first-order valence-corrected chi connectivity index (χ1v) is 10.5. The highest BCUT2D eigenvalue weighted by Gasteiger charge is 2.12. The SMILES string of the molecule is CCOC(=O)c1ccc(NC(=O)CSc2nnc3c(n2)[nH]c2ccc(OC)cc23)cc1. The van der Waals surface area contributed by atoms with E-state index in [1.54, 1.807) is 38.3 Å². The number of esters is 1. The minimum Gasteiger partial charge on any atom is -0.497 e. The molecule has 2 heterocycles. The molecule has 9 nitrogen and oxygen atoms in total. The van der Waals surface area contributed by atoms with E-state index in [1.807, 2.05) is 18.2 Å². The molecule has 0 fully saturated rings. The third kappa shape index (κ3) is 4.58. The quantitative estimate of drug-likeness (QED) is 0.333. The number of H-pyrrole nitrogens is 1. The molecule has 0 aliphatic rings. The third-order valence-electron chi connectivity index (χ3n) is 4.41. The molecular weight excluding hydrogens is 418 g/mol. The first-order valence-electron chi connectivity index (χ1n) is 9.47. The van der Waals surface area contributed by atoms with E-state index in [0.29, 0.717) is 34.2 Å². The molecule has 2 aromatic heterocycles. The molecule has 0 bridgehead atoms. The summed E-state index contributed by atoms with van der Waals surface area (Å²) in [7, 11) is 1.61. The van der Waals surface area contributed by atoms with E-state index in [2.05, 4.69) is 25.5 Å². The van der Waals surface area contributed by atoms with Gasteiger partial charge in [0.05, 0.1) is 25.0 Å². The molecule has 0 atom stereocenters. The minimum atomic E-state index is -0.397. The van der Waals surface area contributed by atoms with Crippen LogP contribution < -0.4 is 10.1 Å². The lowest BCUT2D eigenvalue weighted by Crippen LogP contribution is -2.14. The highest BCUT2D eigenvalue weighted by atomic mass is 32.2. The fourth-order valence-electron chi connectivity index (χ4n) is 2.95. The number of fused-ring (bicyclic) bond motifs is 3. The molecule has 2 N–H and O–H groups in total. The van der Waals surface area contributed by atoms with Crippen molar-refractivity contribution in [2.24, 2.45) is 0 Å². The number of carbonyl (C=O) groups excluding carboxylic acids is 2. The first-order chi connectivity index (χ1) is 15.1. The van der Waals surface area contributed by atoms with Gasteiger partial charge < -0.3 is 19.8 Å². The molecule has 10 heteroatoms. The van der Waals surface area contributed by atoms with E-state index in [1.165, 1.54) is 11.8 Å². The number of aromatic nitrogens is 4. The topological polar surface area (TPSA) is 119 Å². The van der Waals surface area contributed by atoms with Crippen LogP contribution in [0.3, 0.4) is 0 Å². The average molecular weight is 437 g/mol. The molecule has 0 unspecified atom stereocenters. The fraction of sp³-hybridized carbons (Fsp3) is 0.190. The maximum Gasteiger partial charge on any atom is 0.338 e. The maximum atomic E-state index is 12.3. The van der Waals surface area contributed by atoms with Crippen molar-refractivity contribution in [1.29, 1.82) is 0 Å². The largest absolute Gasteiger partial charge is 0.497 e. The van der Waals surface area contributed by atoms with E-state index in [-0.39, 0.29) is 11.7 Å². The monoisotopic (exact) mass is 437 g/mol. The van der Waals surface area contributed by atoms with Crippen LogP contribution in [0.15, 0.2) is 47.6 Å². The molecule has 1 amide bonds. The molecule has 0 aliphatic carbocycles. The molecule has 0 spiro atoms. The number of anilines is 1. The van der Waals surface area contributed by atoms with Crippen molar-refractivity contribution in [3.05, 3.63) is 48.0 Å². The molecular formula is C21H19N5O4S. The van der Waals surface area contributed by atoms with Gasteiger partial charge in [-0.3, -0.25) is 4.79 Å². The van der Waals surface area contributed by atoms with E-state index in [0.717, 1.165) is 16.7 Å². The summed E-state index contributed by atoms with van der Waals surface area (Å²) < 4.78 is 10.2. The summed E-state index contributed by atoms with van der Waals surface area (Å²) in [5, 5.41) is 12.4. The second-order valence-corrected chi connectivity index (χ2v) is 7.41. The van der Waals surface area contributed by atoms with Crippen molar-refractivity contribution < 1.29 is 19.1 Å². The van der Waals surface area contributed by atoms with Crippen LogP contribution in [-0.4, -0.2) is 51.5 Å². The van der Waals surface area contributed by atoms with Gasteiger partial charge in [0.2, 0.25) is 11.1 Å². The zero-order valence-corrected chi connectivity index (χ0v) is 17.7. The van der Waals surface area contributed by atoms with Gasteiger partial charge in [-0.2, -0.15) is 0 Å². The van der Waals surface area contributed by atoms with Gasteiger partial charge in [0.1, 0.15) is 11.3 Å². The van der Waals surface area contributed by atoms with E-state index in [9.17, 15) is 9.59 Å². The predicted molar refractivity (Wildman–Crippen MR) is 117 cm³/mol. The molecule has 31 heavy (non-hydrogen) atoms. The Morgan fingerprint density at radius 3 is 2.68 bits per heavy atom. The number of nitrogens with one attached hydrogen (secondary N) is 2. The summed E-state index contributed by atoms with van der Waals surface area (Å²) in [4.78, 5) is 31.6. The first kappa shape index (κ1) is 20.6. The predicted octanol–water partition coefficient (Wildman–Crippen LogP) is 3.42. The molecule has 0 saturated carbocycles. The van der Waals surface area contributed by atoms with Crippen LogP contribution in [-0.2, 0) is 9.53 Å². The van der Waals surface area contributed by atoms with E-state index >= 15 is 0 Å². The number of hydrogen-bond donors (Lipinski definition) is 2. The number of methoxy groups -OCH3 is 1. The van der Waals surface area contributed by atoms with Crippen molar-refractivity contribution in [3.63, 3.8) is 0 Å². The van der Waals surface area contributed by atoms with Crippen molar-refractivity contribution >= 4 is 51.4 Å². The number of benzene rings is 2. The lowest BCUT2D eigenvalue weighted by atomic mass is 10.2. The van der Waals surface area contributed by atoms with E-state index < -0.39 is 5.97 Å². The molecule has 4 aromatic rings. The number of thioether (sulfide) groups is 1. The second kappa shape index (κ2) is 9.00. The number of nitrogens with zero attached hydrogens (tertiary/aromatic N) is 3. The number of rotatable bonds is 7. The Hall–Kier alpha value is -3.66. The van der Waals surface area contributed by atoms with Crippen LogP contribution in [0, 0.1) is 0 Å². The summed E-state index contributed by atoms with van der Waals surface area (Å²) in [5.74, 6) is 0.215. The van der Waals surface area contributed by atoms with Crippen molar-refractivity contribution in [2.45, 2.75) is 12.1 Å². The standard InChI is InChI=1S/C21H19N5O4S/c1-3-30-20(28)12-4-6-13(7-5-12)22-17(27)11-31-21-24-19-18(25-26-21)15-10-14(29-2)8-9-16(15)23-19/h4-10H,3,11H2,1-2H3,(H,22,27)(H,23,24,26). The van der Waals surface area contributed by atoms with Crippen LogP contribution in [0.5, 0.6) is 5.75 Å². The summed E-state index contributed by atoms with van der Waals surface area (Å²) in [6, 6.07) is 12.1. The number of hydrogen-bond acceptors (Lipinski definition) is 8. The van der Waals surface area contributed by atoms with Gasteiger partial charge in [0.25, 0.3) is 0 Å². The highest BCUT2D eigenvalue weighted by molar-refractivity contribution is 7.99. The van der Waals surface area contributed by atoms with Gasteiger partial charge in [-0.15, -0.1) is 10.2 Å². The molecule has 0 aliphatic heterocycles. The van der Waals surface area contributed by atoms with Gasteiger partial charge in [0, 0.05) is 16.6 Å². The molecule has 158 valence electrons. The highest BCUT2D eigenvalue weighted by Crippen LogP contribution is 2.27. The molecule has 2 aromatic carbocycles. The Morgan fingerprint density at radius 1 is 1.13 bits per heavy atom. The van der Waals surface area contributed by atoms with Gasteiger partial charge >= 0.3 is 5.97 Å². The third-order valence-corrected chi connectivity index (χ3v) is 5.25. The lowest BCUT2D eigenvalue weighted by molar-refractivity contribution is -0.113. The molecule has 4 rings (SSSR count). The van der Waals surface area contributed by atoms with Gasteiger partial charge in [-0.1, -0.05) is 11.8 Å². The smallest absolute Gasteiger partial charge is 0.338 e. The Balaban J connectivity index is 1.39. The summed E-state index contributed by atoms with van der Waals surface area (Å²) in [6.07, 6.45) is 0. The van der Waals surface area contributed by atoms with Crippen LogP contribution in [0.25, 0.3) is 22.1 Å². The number of carbonyl (C=O) groups is 2. The number of amides is 1. The summed E-state index contributed by atoms with van der Waals surface area (Å²) >= 11 is 1.18. The Kier molecular flexibility index (Phi) is 5.99. The normalized spacial score (nSPS) is 10.9. The Bertz CT molecular complexity index is 1260. The summed E-state index contributed by atoms with van der Waals surface area (Å²) in [5.41, 5.74) is 3.12. The minimum absolute atomic E-state index is 0.112. The number of ether oxygens (including phenoxy) is 2. The van der Waals surface area contributed by atoms with Crippen LogP contribution in [0.1, 0.15) is 17.3 Å². The van der Waals surface area contributed by atoms with Gasteiger partial charge in [0.15, 0.2) is 5.65 Å². The Morgan fingerprint density at radius 2 is 1.94 bits per heavy atom. The second-order valence-electron chi connectivity index (χ2n) is 6.46. The number of aromatic amines is 1. The van der Waals surface area contributed by atoms with Crippen LogP contribution >= 0.6 is 11.8 Å². The zero-order chi connectivity index (χ0) is 21.8. The van der Waals surface area contributed by atoms with E-state index in [4.69, 9.17) is 9.47 Å². The average Bonchev–Trinajstić information content (AvgIpc) is 3.15. The molecule has 0 saturated heterocycles. The maximum absolute atomic E-state index is 12.3. The summed E-state index contributed by atoms with van der Waals surface area (Å²) in [6.45, 7) is 2.06. The lowest BCUT2D eigenvalue weighted by Gasteiger charge is -2.06. The van der Waals surface area contributed by atoms with Gasteiger partial charge in [-0.25, -0.2) is 9.78 Å². The van der Waals surface area contributed by atoms with Crippen LogP contribution in [0.2, 0.25) is 0 Å². The van der Waals surface area contributed by atoms with Crippen molar-refractivity contribution in [1.82, 2.24) is 20.2 Å². The van der Waals surface area contributed by atoms with Crippen molar-refractivity contribution in [3.8, 4) is 5.75 Å².